The smallest absolute Gasteiger partial charge is 0.181 e. The highest BCUT2D eigenvalue weighted by molar-refractivity contribution is 7.13. The normalized spacial score (nSPS) is 12.2. The molecule has 0 unspecified atom stereocenters. The van der Waals surface area contributed by atoms with Gasteiger partial charge < -0.3 is 9.52 Å². The monoisotopic (exact) mass is 260 g/mol. The van der Waals surface area contributed by atoms with E-state index in [0.717, 1.165) is 21.7 Å². The van der Waals surface area contributed by atoms with Crippen LogP contribution in [0.2, 0.25) is 0 Å². The Hall–Kier alpha value is -1.72. The van der Waals surface area contributed by atoms with Crippen LogP contribution in [-0.2, 0) is 5.60 Å². The van der Waals surface area contributed by atoms with Crippen LogP contribution in [0.25, 0.3) is 21.7 Å². The number of hydrogen-bond donors (Lipinski definition) is 1. The van der Waals surface area contributed by atoms with E-state index in [9.17, 15) is 5.11 Å². The van der Waals surface area contributed by atoms with Crippen LogP contribution in [-0.4, -0.2) is 15.1 Å². The molecule has 18 heavy (non-hydrogen) atoms. The van der Waals surface area contributed by atoms with Gasteiger partial charge in [-0.25, -0.2) is 9.97 Å². The van der Waals surface area contributed by atoms with Gasteiger partial charge in [-0.05, 0) is 32.0 Å². The van der Waals surface area contributed by atoms with Crippen LogP contribution in [0.4, 0.5) is 0 Å². The van der Waals surface area contributed by atoms with E-state index in [1.165, 1.54) is 17.7 Å². The Morgan fingerprint density at radius 3 is 2.89 bits per heavy atom. The van der Waals surface area contributed by atoms with Gasteiger partial charge >= 0.3 is 0 Å². The lowest BCUT2D eigenvalue weighted by molar-refractivity contribution is 0.0746. The molecule has 2 heterocycles. The Morgan fingerprint density at radius 1 is 1.33 bits per heavy atom. The molecule has 1 aromatic carbocycles. The molecule has 3 aromatic rings. The third-order valence-electron chi connectivity index (χ3n) is 2.71. The zero-order valence-corrected chi connectivity index (χ0v) is 10.9. The van der Waals surface area contributed by atoms with E-state index in [1.54, 1.807) is 13.8 Å². The Morgan fingerprint density at radius 2 is 2.17 bits per heavy atom. The molecule has 0 fully saturated rings. The molecule has 3 rings (SSSR count). The van der Waals surface area contributed by atoms with E-state index in [2.05, 4.69) is 9.97 Å². The summed E-state index contributed by atoms with van der Waals surface area (Å²) in [6.07, 6.45) is 1.43. The molecule has 0 aliphatic carbocycles. The Kier molecular flexibility index (Phi) is 2.46. The van der Waals surface area contributed by atoms with Crippen LogP contribution in [0.3, 0.4) is 0 Å². The lowest BCUT2D eigenvalue weighted by Gasteiger charge is -2.12. The fraction of sp³-hybridized carbons (Fsp3) is 0.231. The molecular formula is C13H12N2O2S. The number of nitrogens with zero attached hydrogens (tertiary/aromatic N) is 2. The maximum absolute atomic E-state index is 9.90. The van der Waals surface area contributed by atoms with Crippen LogP contribution >= 0.6 is 11.3 Å². The van der Waals surface area contributed by atoms with E-state index in [1.807, 2.05) is 23.6 Å². The van der Waals surface area contributed by atoms with Crippen molar-refractivity contribution in [2.24, 2.45) is 0 Å². The second kappa shape index (κ2) is 3.90. The van der Waals surface area contributed by atoms with Crippen LogP contribution < -0.4 is 0 Å². The van der Waals surface area contributed by atoms with Crippen molar-refractivity contribution < 1.29 is 9.52 Å². The summed E-state index contributed by atoms with van der Waals surface area (Å²) in [7, 11) is 0. The van der Waals surface area contributed by atoms with E-state index < -0.39 is 5.60 Å². The van der Waals surface area contributed by atoms with E-state index in [-0.39, 0.29) is 0 Å². The summed E-state index contributed by atoms with van der Waals surface area (Å²) in [4.78, 5) is 8.52. The quantitative estimate of drug-likeness (QED) is 0.768. The molecule has 0 aliphatic heterocycles. The first-order valence-electron chi connectivity index (χ1n) is 5.56. The predicted molar refractivity (Wildman–Crippen MR) is 70.4 cm³/mol. The summed E-state index contributed by atoms with van der Waals surface area (Å²) in [5.41, 5.74) is 2.32. The molecule has 4 nitrogen and oxygen atoms in total. The number of aliphatic hydroxyl groups is 1. The zero-order valence-electron chi connectivity index (χ0n) is 10.0. The van der Waals surface area contributed by atoms with Gasteiger partial charge in [0.05, 0.1) is 5.69 Å². The van der Waals surface area contributed by atoms with Crippen molar-refractivity contribution in [2.45, 2.75) is 19.4 Å². The lowest BCUT2D eigenvalue weighted by atomic mass is 10.1. The first-order valence-corrected chi connectivity index (χ1v) is 6.44. The summed E-state index contributed by atoms with van der Waals surface area (Å²) in [5, 5.41) is 12.6. The molecule has 0 saturated heterocycles. The third-order valence-corrected chi connectivity index (χ3v) is 3.60. The number of benzene rings is 1. The van der Waals surface area contributed by atoms with Gasteiger partial charge in [-0.1, -0.05) is 0 Å². The highest BCUT2D eigenvalue weighted by Crippen LogP contribution is 2.30. The molecule has 0 atom stereocenters. The van der Waals surface area contributed by atoms with Crippen molar-refractivity contribution in [1.29, 1.82) is 0 Å². The minimum atomic E-state index is -0.912. The van der Waals surface area contributed by atoms with Crippen LogP contribution in [0.1, 0.15) is 19.5 Å². The van der Waals surface area contributed by atoms with Crippen molar-refractivity contribution in [3.8, 4) is 10.6 Å². The van der Waals surface area contributed by atoms with Crippen molar-refractivity contribution in [3.63, 3.8) is 0 Å². The Balaban J connectivity index is 2.06. The molecule has 0 radical (unpaired) electrons. The third kappa shape index (κ3) is 1.91. The van der Waals surface area contributed by atoms with Gasteiger partial charge in [0.15, 0.2) is 12.0 Å². The maximum atomic E-state index is 9.90. The van der Waals surface area contributed by atoms with Crippen molar-refractivity contribution in [1.82, 2.24) is 9.97 Å². The van der Waals surface area contributed by atoms with Gasteiger partial charge in [0.1, 0.15) is 16.1 Å². The fourth-order valence-electron chi connectivity index (χ4n) is 1.68. The number of oxazole rings is 1. The summed E-state index contributed by atoms with van der Waals surface area (Å²) < 4.78 is 5.27. The Bertz CT molecular complexity index is 694. The summed E-state index contributed by atoms with van der Waals surface area (Å²) in [5.74, 6) is 0. The highest BCUT2D eigenvalue weighted by atomic mass is 32.1. The predicted octanol–water partition coefficient (Wildman–Crippen LogP) is 3.18. The van der Waals surface area contributed by atoms with Gasteiger partial charge in [-0.2, -0.15) is 0 Å². The van der Waals surface area contributed by atoms with Crippen LogP contribution in [0.15, 0.2) is 34.4 Å². The molecule has 2 aromatic heterocycles. The number of thiazole rings is 1. The Labute approximate surface area is 108 Å². The molecule has 0 aliphatic rings. The number of hydrogen-bond acceptors (Lipinski definition) is 5. The topological polar surface area (TPSA) is 59.2 Å². The molecule has 0 spiro atoms. The fourth-order valence-corrected chi connectivity index (χ4v) is 2.65. The summed E-state index contributed by atoms with van der Waals surface area (Å²) in [6, 6.07) is 5.77. The highest BCUT2D eigenvalue weighted by Gasteiger charge is 2.20. The average molecular weight is 260 g/mol. The van der Waals surface area contributed by atoms with Gasteiger partial charge in [-0.15, -0.1) is 11.3 Å². The van der Waals surface area contributed by atoms with E-state index >= 15 is 0 Å². The summed E-state index contributed by atoms with van der Waals surface area (Å²) in [6.45, 7) is 3.46. The molecule has 0 bridgehead atoms. The van der Waals surface area contributed by atoms with E-state index in [0.29, 0.717) is 5.69 Å². The van der Waals surface area contributed by atoms with Gasteiger partial charge in [0.2, 0.25) is 0 Å². The lowest BCUT2D eigenvalue weighted by Crippen LogP contribution is -2.15. The second-order valence-corrected chi connectivity index (χ2v) is 5.49. The van der Waals surface area contributed by atoms with E-state index in [4.69, 9.17) is 4.42 Å². The second-order valence-electron chi connectivity index (χ2n) is 4.63. The molecule has 0 saturated carbocycles. The van der Waals surface area contributed by atoms with Gasteiger partial charge in [0, 0.05) is 10.9 Å². The summed E-state index contributed by atoms with van der Waals surface area (Å²) >= 11 is 1.51. The first kappa shape index (κ1) is 11.4. The SMILES string of the molecule is CC(C)(O)c1csc(-c2ccc3ncoc3c2)n1. The molecule has 1 N–H and O–H groups in total. The first-order chi connectivity index (χ1) is 8.54. The molecule has 5 heteroatoms. The number of fused-ring (bicyclic) bond motifs is 1. The number of aromatic nitrogens is 2. The van der Waals surface area contributed by atoms with Crippen molar-refractivity contribution in [2.75, 3.05) is 0 Å². The minimum Gasteiger partial charge on any atom is -0.443 e. The average Bonchev–Trinajstić information content (AvgIpc) is 2.96. The van der Waals surface area contributed by atoms with Crippen LogP contribution in [0, 0.1) is 0 Å². The van der Waals surface area contributed by atoms with Crippen molar-refractivity contribution in [3.05, 3.63) is 35.7 Å². The molecule has 92 valence electrons. The maximum Gasteiger partial charge on any atom is 0.181 e. The zero-order chi connectivity index (χ0) is 12.8. The van der Waals surface area contributed by atoms with Gasteiger partial charge in [-0.3, -0.25) is 0 Å². The van der Waals surface area contributed by atoms with Crippen molar-refractivity contribution >= 4 is 22.4 Å². The largest absolute Gasteiger partial charge is 0.443 e. The van der Waals surface area contributed by atoms with Gasteiger partial charge in [0.25, 0.3) is 0 Å². The number of rotatable bonds is 2. The molecule has 0 amide bonds. The standard InChI is InChI=1S/C13H12N2O2S/c1-13(2,16)11-6-18-12(15-11)8-3-4-9-10(5-8)17-7-14-9/h3-7,16H,1-2H3. The van der Waals surface area contributed by atoms with Crippen LogP contribution in [0.5, 0.6) is 0 Å². The molecular weight excluding hydrogens is 248 g/mol. The minimum absolute atomic E-state index is 0.681.